The fourth-order valence-electron chi connectivity index (χ4n) is 3.17. The van der Waals surface area contributed by atoms with Gasteiger partial charge >= 0.3 is 0 Å². The number of carbonyl (C=O) groups excluding carboxylic acids is 1. The lowest BCUT2D eigenvalue weighted by Gasteiger charge is -2.18. The Labute approximate surface area is 166 Å². The third-order valence-corrected chi connectivity index (χ3v) is 6.19. The number of ether oxygens (including phenoxy) is 1. The Hall–Kier alpha value is -1.57. The van der Waals surface area contributed by atoms with Gasteiger partial charge in [0.05, 0.1) is 28.8 Å². The van der Waals surface area contributed by atoms with E-state index in [2.05, 4.69) is 10.3 Å². The predicted molar refractivity (Wildman–Crippen MR) is 106 cm³/mol. The number of hydrogen-bond donors (Lipinski definition) is 1. The highest BCUT2D eigenvalue weighted by Gasteiger charge is 2.27. The zero-order valence-electron chi connectivity index (χ0n) is 15.1. The molecule has 8 heteroatoms. The highest BCUT2D eigenvalue weighted by atomic mass is 35.5. The number of nitrogens with zero attached hydrogens (tertiary/aromatic N) is 2. The summed E-state index contributed by atoms with van der Waals surface area (Å²) in [5.74, 6) is -0.0217. The van der Waals surface area contributed by atoms with E-state index in [1.54, 1.807) is 22.8 Å². The molecule has 2 fully saturated rings. The van der Waals surface area contributed by atoms with Gasteiger partial charge in [-0.2, -0.15) is 0 Å². The van der Waals surface area contributed by atoms with Crippen LogP contribution in [0.25, 0.3) is 10.9 Å². The molecule has 1 saturated heterocycles. The van der Waals surface area contributed by atoms with Gasteiger partial charge in [-0.25, -0.2) is 4.98 Å². The Kier molecular flexibility index (Phi) is 5.43. The van der Waals surface area contributed by atoms with Crippen LogP contribution in [0.15, 0.2) is 28.2 Å². The predicted octanol–water partition coefficient (Wildman–Crippen LogP) is 2.99. The molecule has 0 unspecified atom stereocenters. The minimum absolute atomic E-state index is 0.00389. The lowest BCUT2D eigenvalue weighted by Crippen LogP contribution is -2.34. The number of amides is 1. The van der Waals surface area contributed by atoms with Crippen LogP contribution >= 0.6 is 23.4 Å². The van der Waals surface area contributed by atoms with Crippen LogP contribution in [0.1, 0.15) is 32.6 Å². The molecule has 27 heavy (non-hydrogen) atoms. The molecule has 0 radical (unpaired) electrons. The fraction of sp³-hybridized carbons (Fsp3) is 0.526. The smallest absolute Gasteiger partial charge is 0.262 e. The highest BCUT2D eigenvalue weighted by Crippen LogP contribution is 2.26. The second-order valence-corrected chi connectivity index (χ2v) is 8.89. The summed E-state index contributed by atoms with van der Waals surface area (Å²) in [6.45, 7) is 3.01. The van der Waals surface area contributed by atoms with E-state index in [0.717, 1.165) is 32.3 Å². The van der Waals surface area contributed by atoms with Gasteiger partial charge in [0.15, 0.2) is 5.16 Å². The van der Waals surface area contributed by atoms with Crippen LogP contribution in [0.3, 0.4) is 0 Å². The molecule has 1 amide bonds. The van der Waals surface area contributed by atoms with E-state index in [1.807, 2.05) is 6.92 Å². The average Bonchev–Trinajstić information content (AvgIpc) is 3.29. The van der Waals surface area contributed by atoms with Gasteiger partial charge < -0.3 is 10.1 Å². The van der Waals surface area contributed by atoms with Crippen LogP contribution in [-0.4, -0.2) is 39.5 Å². The van der Waals surface area contributed by atoms with E-state index in [-0.39, 0.29) is 22.8 Å². The van der Waals surface area contributed by atoms with Gasteiger partial charge in [0.2, 0.25) is 5.91 Å². The Morgan fingerprint density at radius 3 is 2.96 bits per heavy atom. The van der Waals surface area contributed by atoms with Crippen molar-refractivity contribution < 1.29 is 9.53 Å². The standard InChI is InChI=1S/C19H22ClN3O3S/c1-11(17(24)21-13-5-6-13)27-19-22-16-9-12(20)4-7-15(16)18(25)23(19)10-14-3-2-8-26-14/h4,7,9,11,13-14H,2-3,5-6,8,10H2,1H3,(H,21,24)/t11-,14+/m1/s1. The summed E-state index contributed by atoms with van der Waals surface area (Å²) in [6, 6.07) is 5.39. The molecular weight excluding hydrogens is 386 g/mol. The second-order valence-electron chi connectivity index (χ2n) is 7.15. The van der Waals surface area contributed by atoms with Gasteiger partial charge in [-0.1, -0.05) is 23.4 Å². The minimum atomic E-state index is -0.343. The molecule has 2 atom stereocenters. The normalized spacial score (nSPS) is 20.7. The number of benzene rings is 1. The van der Waals surface area contributed by atoms with Crippen molar-refractivity contribution in [1.82, 2.24) is 14.9 Å². The number of rotatable bonds is 6. The topological polar surface area (TPSA) is 73.2 Å². The zero-order chi connectivity index (χ0) is 19.0. The third-order valence-electron chi connectivity index (χ3n) is 4.87. The van der Waals surface area contributed by atoms with E-state index in [9.17, 15) is 9.59 Å². The van der Waals surface area contributed by atoms with E-state index in [4.69, 9.17) is 16.3 Å². The molecule has 1 aromatic heterocycles. The van der Waals surface area contributed by atoms with Crippen molar-refractivity contribution in [1.29, 1.82) is 0 Å². The van der Waals surface area contributed by atoms with Crippen LogP contribution in [0.4, 0.5) is 0 Å². The Morgan fingerprint density at radius 2 is 2.26 bits per heavy atom. The third kappa shape index (κ3) is 4.31. The zero-order valence-corrected chi connectivity index (χ0v) is 16.7. The van der Waals surface area contributed by atoms with Gasteiger partial charge in [0.1, 0.15) is 0 Å². The van der Waals surface area contributed by atoms with E-state index in [1.165, 1.54) is 11.8 Å². The monoisotopic (exact) mass is 407 g/mol. The van der Waals surface area contributed by atoms with Crippen LogP contribution in [0.2, 0.25) is 5.02 Å². The van der Waals surface area contributed by atoms with E-state index >= 15 is 0 Å². The van der Waals surface area contributed by atoms with Gasteiger partial charge in [-0.15, -0.1) is 0 Å². The molecule has 4 rings (SSSR count). The Bertz CT molecular complexity index is 922. The number of fused-ring (bicyclic) bond motifs is 1. The maximum absolute atomic E-state index is 13.1. The lowest BCUT2D eigenvalue weighted by atomic mass is 10.2. The van der Waals surface area contributed by atoms with Gasteiger partial charge in [-0.05, 0) is 50.8 Å². The van der Waals surface area contributed by atoms with Crippen LogP contribution in [0.5, 0.6) is 0 Å². The van der Waals surface area contributed by atoms with E-state index in [0.29, 0.717) is 33.7 Å². The quantitative estimate of drug-likeness (QED) is 0.588. The summed E-state index contributed by atoms with van der Waals surface area (Å²) in [5, 5.41) is 4.25. The summed E-state index contributed by atoms with van der Waals surface area (Å²) >= 11 is 7.39. The van der Waals surface area contributed by atoms with Crippen molar-refractivity contribution >= 4 is 40.2 Å². The summed E-state index contributed by atoms with van der Waals surface area (Å²) in [6.07, 6.45) is 4.01. The second kappa shape index (κ2) is 7.81. The van der Waals surface area contributed by atoms with Crippen molar-refractivity contribution in [3.8, 4) is 0 Å². The molecule has 1 N–H and O–H groups in total. The summed E-state index contributed by atoms with van der Waals surface area (Å²) in [4.78, 5) is 30.1. The molecule has 0 bridgehead atoms. The number of nitrogens with one attached hydrogen (secondary N) is 1. The largest absolute Gasteiger partial charge is 0.376 e. The summed E-state index contributed by atoms with van der Waals surface area (Å²) in [5.41, 5.74) is 0.429. The van der Waals surface area contributed by atoms with Crippen molar-refractivity contribution in [2.24, 2.45) is 0 Å². The number of hydrogen-bond acceptors (Lipinski definition) is 5. The molecule has 6 nitrogen and oxygen atoms in total. The Morgan fingerprint density at radius 1 is 1.44 bits per heavy atom. The molecule has 144 valence electrons. The molecule has 1 aromatic carbocycles. The maximum atomic E-state index is 13.1. The van der Waals surface area contributed by atoms with Gasteiger partial charge in [0, 0.05) is 17.7 Å². The Balaban J connectivity index is 1.68. The maximum Gasteiger partial charge on any atom is 0.262 e. The molecule has 1 saturated carbocycles. The molecular formula is C19H22ClN3O3S. The summed E-state index contributed by atoms with van der Waals surface area (Å²) in [7, 11) is 0. The average molecular weight is 408 g/mol. The first-order valence-corrected chi connectivity index (χ1v) is 10.6. The van der Waals surface area contributed by atoms with Gasteiger partial charge in [-0.3, -0.25) is 14.2 Å². The number of carbonyl (C=O) groups is 1. The highest BCUT2D eigenvalue weighted by molar-refractivity contribution is 8.00. The first-order chi connectivity index (χ1) is 13.0. The molecule has 2 heterocycles. The summed E-state index contributed by atoms with van der Waals surface area (Å²) < 4.78 is 7.36. The van der Waals surface area contributed by atoms with Crippen molar-refractivity contribution in [2.75, 3.05) is 6.61 Å². The fourth-order valence-corrected chi connectivity index (χ4v) is 4.27. The first-order valence-electron chi connectivity index (χ1n) is 9.30. The van der Waals surface area contributed by atoms with Crippen LogP contribution in [-0.2, 0) is 16.1 Å². The number of halogens is 1. The minimum Gasteiger partial charge on any atom is -0.376 e. The van der Waals surface area contributed by atoms with Gasteiger partial charge in [0.25, 0.3) is 5.56 Å². The molecule has 2 aliphatic rings. The number of aromatic nitrogens is 2. The SMILES string of the molecule is C[C@@H](Sc1nc2cc(Cl)ccc2c(=O)n1C[C@@H]1CCCO1)C(=O)NC1CC1. The van der Waals surface area contributed by atoms with Crippen LogP contribution < -0.4 is 10.9 Å². The molecule has 0 spiro atoms. The first kappa shape index (κ1) is 18.8. The van der Waals surface area contributed by atoms with Crippen LogP contribution in [0, 0.1) is 0 Å². The van der Waals surface area contributed by atoms with Crippen molar-refractivity contribution in [3.63, 3.8) is 0 Å². The lowest BCUT2D eigenvalue weighted by molar-refractivity contribution is -0.120. The molecule has 1 aliphatic heterocycles. The van der Waals surface area contributed by atoms with Crippen molar-refractivity contribution in [2.45, 2.75) is 61.7 Å². The molecule has 2 aromatic rings. The number of thioether (sulfide) groups is 1. The van der Waals surface area contributed by atoms with Crippen molar-refractivity contribution in [3.05, 3.63) is 33.6 Å². The molecule has 1 aliphatic carbocycles. The van der Waals surface area contributed by atoms with E-state index < -0.39 is 0 Å².